The Morgan fingerprint density at radius 1 is 1.13 bits per heavy atom. The molecule has 0 aliphatic heterocycles. The lowest BCUT2D eigenvalue weighted by Crippen LogP contribution is -2.41. The van der Waals surface area contributed by atoms with Gasteiger partial charge in [0.05, 0.1) is 23.9 Å². The Morgan fingerprint density at radius 2 is 1.84 bits per heavy atom. The molecule has 31 heavy (non-hydrogen) atoms. The van der Waals surface area contributed by atoms with Crippen molar-refractivity contribution in [2.45, 2.75) is 109 Å². The summed E-state index contributed by atoms with van der Waals surface area (Å²) in [7, 11) is 0. The molecule has 3 aliphatic rings. The number of rotatable bonds is 6. The van der Waals surface area contributed by atoms with Crippen molar-refractivity contribution in [3.05, 3.63) is 35.5 Å². The molecule has 7 atom stereocenters. The van der Waals surface area contributed by atoms with Crippen molar-refractivity contribution < 1.29 is 20.4 Å². The van der Waals surface area contributed by atoms with Crippen molar-refractivity contribution in [1.29, 1.82) is 0 Å². The highest BCUT2D eigenvalue weighted by molar-refractivity contribution is 5.38. The Labute approximate surface area is 188 Å². The highest BCUT2D eigenvalue weighted by Gasteiger charge is 2.52. The quantitative estimate of drug-likeness (QED) is 0.491. The zero-order valence-corrected chi connectivity index (χ0v) is 20.0. The molecule has 0 aromatic rings. The van der Waals surface area contributed by atoms with Gasteiger partial charge in [0.15, 0.2) is 0 Å². The number of aliphatic hydroxyl groups is 4. The molecule has 0 bridgehead atoms. The van der Waals surface area contributed by atoms with Gasteiger partial charge in [-0.1, -0.05) is 51.0 Å². The lowest BCUT2D eigenvalue weighted by molar-refractivity contribution is 0.0146. The van der Waals surface area contributed by atoms with E-state index in [1.165, 1.54) is 12.0 Å². The summed E-state index contributed by atoms with van der Waals surface area (Å²) in [5.41, 5.74) is 2.44. The molecule has 4 heteroatoms. The van der Waals surface area contributed by atoms with Gasteiger partial charge in [0, 0.05) is 6.42 Å². The van der Waals surface area contributed by atoms with Gasteiger partial charge in [-0.15, -0.1) is 0 Å². The van der Waals surface area contributed by atoms with Gasteiger partial charge in [-0.25, -0.2) is 0 Å². The molecule has 0 saturated heterocycles. The summed E-state index contributed by atoms with van der Waals surface area (Å²) < 4.78 is 0. The highest BCUT2D eigenvalue weighted by atomic mass is 16.3. The summed E-state index contributed by atoms with van der Waals surface area (Å²) in [5, 5.41) is 41.0. The van der Waals surface area contributed by atoms with Gasteiger partial charge in [0.25, 0.3) is 0 Å². The fourth-order valence-corrected chi connectivity index (χ4v) is 6.80. The fourth-order valence-electron chi connectivity index (χ4n) is 6.80. The minimum Gasteiger partial charge on any atom is -0.393 e. The smallest absolute Gasteiger partial charge is 0.0811 e. The number of hydrogen-bond donors (Lipinski definition) is 4. The molecular formula is C27H44O4. The van der Waals surface area contributed by atoms with Crippen LogP contribution in [0.15, 0.2) is 35.5 Å². The van der Waals surface area contributed by atoms with Gasteiger partial charge in [0.1, 0.15) is 0 Å². The average molecular weight is 433 g/mol. The first-order valence-electron chi connectivity index (χ1n) is 12.3. The molecule has 0 heterocycles. The first kappa shape index (κ1) is 24.7. The van der Waals surface area contributed by atoms with Crippen molar-refractivity contribution in [2.24, 2.45) is 23.2 Å². The Bertz CT molecular complexity index is 715. The van der Waals surface area contributed by atoms with Gasteiger partial charge in [-0.3, -0.25) is 0 Å². The van der Waals surface area contributed by atoms with Gasteiger partial charge < -0.3 is 20.4 Å². The van der Waals surface area contributed by atoms with Crippen LogP contribution in [0.4, 0.5) is 0 Å². The summed E-state index contributed by atoms with van der Waals surface area (Å²) >= 11 is 0. The van der Waals surface area contributed by atoms with Crippen molar-refractivity contribution in [3.63, 3.8) is 0 Å². The maximum atomic E-state index is 10.8. The second-order valence-corrected chi connectivity index (χ2v) is 11.6. The Balaban J connectivity index is 1.75. The van der Waals surface area contributed by atoms with Crippen LogP contribution in [0.1, 0.15) is 85.5 Å². The Morgan fingerprint density at radius 3 is 2.52 bits per heavy atom. The fraction of sp³-hybridized carbons (Fsp3) is 0.778. The zero-order valence-electron chi connectivity index (χ0n) is 20.0. The summed E-state index contributed by atoms with van der Waals surface area (Å²) in [4.78, 5) is 0. The zero-order chi connectivity index (χ0) is 23.0. The molecule has 0 spiro atoms. The predicted molar refractivity (Wildman–Crippen MR) is 125 cm³/mol. The molecule has 0 amide bonds. The molecule has 0 unspecified atom stereocenters. The van der Waals surface area contributed by atoms with Gasteiger partial charge in [-0.2, -0.15) is 0 Å². The molecule has 3 aliphatic carbocycles. The van der Waals surface area contributed by atoms with Gasteiger partial charge >= 0.3 is 0 Å². The molecular weight excluding hydrogens is 388 g/mol. The SMILES string of the molecule is C=C1/C(=C\C=C2/C[C@@H](O)C[C@]3(C)[C@@H]([C@H](C)CCCC(C)(C)O)CC[C@@H]23)C[C@@H](O)C[C@@H]1O. The van der Waals surface area contributed by atoms with Crippen LogP contribution in [0, 0.1) is 23.2 Å². The topological polar surface area (TPSA) is 80.9 Å². The minimum absolute atomic E-state index is 0.0960. The van der Waals surface area contributed by atoms with Crippen molar-refractivity contribution in [3.8, 4) is 0 Å². The normalized spacial score (nSPS) is 40.4. The maximum absolute atomic E-state index is 10.8. The van der Waals surface area contributed by atoms with E-state index in [1.807, 2.05) is 19.9 Å². The summed E-state index contributed by atoms with van der Waals surface area (Å²) in [6, 6.07) is 0. The van der Waals surface area contributed by atoms with Crippen LogP contribution in [0.3, 0.4) is 0 Å². The molecule has 4 nitrogen and oxygen atoms in total. The Hall–Kier alpha value is -0.940. The molecule has 0 aromatic heterocycles. The summed E-state index contributed by atoms with van der Waals surface area (Å²) in [6.45, 7) is 12.5. The predicted octanol–water partition coefficient (Wildman–Crippen LogP) is 4.68. The van der Waals surface area contributed by atoms with Crippen LogP contribution < -0.4 is 0 Å². The van der Waals surface area contributed by atoms with E-state index in [-0.39, 0.29) is 11.5 Å². The van der Waals surface area contributed by atoms with Crippen LogP contribution in [0.5, 0.6) is 0 Å². The van der Waals surface area contributed by atoms with Crippen LogP contribution in [-0.4, -0.2) is 44.3 Å². The van der Waals surface area contributed by atoms with Crippen molar-refractivity contribution in [1.82, 2.24) is 0 Å². The van der Waals surface area contributed by atoms with E-state index in [2.05, 4.69) is 26.5 Å². The summed E-state index contributed by atoms with van der Waals surface area (Å²) in [5.74, 6) is 1.63. The number of fused-ring (bicyclic) bond motifs is 1. The first-order valence-corrected chi connectivity index (χ1v) is 12.3. The number of allylic oxidation sites excluding steroid dienone is 2. The monoisotopic (exact) mass is 432 g/mol. The highest BCUT2D eigenvalue weighted by Crippen LogP contribution is 2.60. The average Bonchev–Trinajstić information content (AvgIpc) is 2.98. The number of hydrogen-bond acceptors (Lipinski definition) is 4. The van der Waals surface area contributed by atoms with E-state index < -0.39 is 17.8 Å². The van der Waals surface area contributed by atoms with Crippen LogP contribution in [-0.2, 0) is 0 Å². The molecule has 3 fully saturated rings. The van der Waals surface area contributed by atoms with Gasteiger partial charge in [0.2, 0.25) is 0 Å². The molecule has 0 radical (unpaired) electrons. The van der Waals surface area contributed by atoms with E-state index in [0.717, 1.165) is 37.7 Å². The van der Waals surface area contributed by atoms with Crippen LogP contribution in [0.25, 0.3) is 0 Å². The second kappa shape index (κ2) is 9.51. The van der Waals surface area contributed by atoms with E-state index in [9.17, 15) is 20.4 Å². The van der Waals surface area contributed by atoms with Crippen molar-refractivity contribution in [2.75, 3.05) is 0 Å². The van der Waals surface area contributed by atoms with Crippen LogP contribution in [0.2, 0.25) is 0 Å². The van der Waals surface area contributed by atoms with E-state index in [0.29, 0.717) is 42.6 Å². The molecule has 3 rings (SSSR count). The third-order valence-corrected chi connectivity index (χ3v) is 8.40. The third-order valence-electron chi connectivity index (χ3n) is 8.40. The Kier molecular flexibility index (Phi) is 7.57. The standard InChI is InChI=1S/C27H44O4/c1-17(7-6-12-26(3,4)31)23-10-11-24-20(14-22(29)16-27(23,24)5)9-8-19-13-21(28)15-25(30)18(19)2/h8-9,17,21-25,28-31H,2,6-7,10-16H2,1,3-5H3/b19-8-,20-9+/t17-,21-,22-,23-,24+,25+,27-/m1/s1. The second-order valence-electron chi connectivity index (χ2n) is 11.6. The molecule has 3 saturated carbocycles. The number of aliphatic hydroxyl groups excluding tert-OH is 3. The molecule has 176 valence electrons. The van der Waals surface area contributed by atoms with E-state index in [4.69, 9.17) is 0 Å². The van der Waals surface area contributed by atoms with Crippen LogP contribution >= 0.6 is 0 Å². The van der Waals surface area contributed by atoms with Gasteiger partial charge in [-0.05, 0) is 86.7 Å². The summed E-state index contributed by atoms with van der Waals surface area (Å²) in [6.07, 6.45) is 10.5. The van der Waals surface area contributed by atoms with E-state index in [1.54, 1.807) is 0 Å². The minimum atomic E-state index is -0.670. The third kappa shape index (κ3) is 5.71. The van der Waals surface area contributed by atoms with E-state index >= 15 is 0 Å². The lowest BCUT2D eigenvalue weighted by Gasteiger charge is -2.46. The maximum Gasteiger partial charge on any atom is 0.0811 e. The first-order chi connectivity index (χ1) is 14.4. The largest absolute Gasteiger partial charge is 0.393 e. The molecule has 4 N–H and O–H groups in total. The van der Waals surface area contributed by atoms with Crippen molar-refractivity contribution >= 4 is 0 Å². The molecule has 0 aromatic carbocycles. The lowest BCUT2D eigenvalue weighted by atomic mass is 9.60.